The van der Waals surface area contributed by atoms with Crippen molar-refractivity contribution in [2.24, 2.45) is 5.84 Å². The summed E-state index contributed by atoms with van der Waals surface area (Å²) in [6.45, 7) is -0.351. The highest BCUT2D eigenvalue weighted by molar-refractivity contribution is 5.44. The van der Waals surface area contributed by atoms with Crippen molar-refractivity contribution in [3.05, 3.63) is 23.8 Å². The molecule has 2 rings (SSSR count). The maximum Gasteiger partial charge on any atom is 0.411 e. The number of ether oxygens (including phenoxy) is 3. The van der Waals surface area contributed by atoms with Gasteiger partial charge in [-0.05, 0) is 24.1 Å². The number of fused-ring (bicyclic) bond motifs is 1. The Morgan fingerprint density at radius 1 is 1.24 bits per heavy atom. The third kappa shape index (κ3) is 4.76. The quantitative estimate of drug-likeness (QED) is 0.477. The molecule has 8 heteroatoms. The molecular formula is C13H17F3N2O3. The minimum Gasteiger partial charge on any atom is -0.486 e. The monoisotopic (exact) mass is 306 g/mol. The summed E-state index contributed by atoms with van der Waals surface area (Å²) >= 11 is 0. The number of hydrazine groups is 1. The van der Waals surface area contributed by atoms with E-state index in [1.54, 1.807) is 18.2 Å². The first-order valence-electron chi connectivity index (χ1n) is 6.50. The predicted molar refractivity (Wildman–Crippen MR) is 69.0 cm³/mol. The van der Waals surface area contributed by atoms with E-state index in [9.17, 15) is 13.2 Å². The highest BCUT2D eigenvalue weighted by Crippen LogP contribution is 2.33. The molecule has 0 saturated carbocycles. The van der Waals surface area contributed by atoms with Gasteiger partial charge in [-0.15, -0.1) is 0 Å². The molecule has 0 saturated heterocycles. The highest BCUT2D eigenvalue weighted by Gasteiger charge is 2.27. The maximum absolute atomic E-state index is 12.0. The zero-order valence-electron chi connectivity index (χ0n) is 11.3. The zero-order chi connectivity index (χ0) is 15.3. The van der Waals surface area contributed by atoms with Gasteiger partial charge in [0.2, 0.25) is 0 Å². The van der Waals surface area contributed by atoms with Gasteiger partial charge in [-0.3, -0.25) is 11.3 Å². The van der Waals surface area contributed by atoms with E-state index in [0.29, 0.717) is 31.1 Å². The minimum absolute atomic E-state index is 0.0528. The van der Waals surface area contributed by atoms with Crippen LogP contribution in [0, 0.1) is 0 Å². The Labute approximate surface area is 120 Å². The maximum atomic E-state index is 12.0. The molecule has 1 aromatic rings. The molecule has 1 atom stereocenters. The van der Waals surface area contributed by atoms with E-state index < -0.39 is 12.8 Å². The van der Waals surface area contributed by atoms with Crippen molar-refractivity contribution < 1.29 is 27.4 Å². The van der Waals surface area contributed by atoms with Gasteiger partial charge in [-0.2, -0.15) is 13.2 Å². The fraction of sp³-hybridized carbons (Fsp3) is 0.538. The smallest absolute Gasteiger partial charge is 0.411 e. The largest absolute Gasteiger partial charge is 0.486 e. The van der Waals surface area contributed by atoms with Crippen LogP contribution < -0.4 is 20.7 Å². The molecule has 0 aliphatic carbocycles. The number of benzene rings is 1. The van der Waals surface area contributed by atoms with Crippen molar-refractivity contribution in [2.75, 3.05) is 26.4 Å². The van der Waals surface area contributed by atoms with Crippen LogP contribution in [0.1, 0.15) is 18.0 Å². The lowest BCUT2D eigenvalue weighted by Gasteiger charge is -2.22. The molecular weight excluding hydrogens is 289 g/mol. The molecule has 1 aromatic carbocycles. The molecule has 1 heterocycles. The Morgan fingerprint density at radius 3 is 2.62 bits per heavy atom. The van der Waals surface area contributed by atoms with Gasteiger partial charge in [0.15, 0.2) is 11.5 Å². The van der Waals surface area contributed by atoms with Crippen LogP contribution in [0.5, 0.6) is 11.5 Å². The highest BCUT2D eigenvalue weighted by atomic mass is 19.4. The number of hydrogen-bond donors (Lipinski definition) is 2. The predicted octanol–water partition coefficient (Wildman–Crippen LogP) is 1.93. The van der Waals surface area contributed by atoms with Crippen molar-refractivity contribution in [3.8, 4) is 11.5 Å². The first kappa shape index (κ1) is 15.9. The standard InChI is InChI=1S/C13H17F3N2O3/c14-13(15,16)8-19-4-3-10(18-17)9-1-2-11-12(7-9)21-6-5-20-11/h1-2,7,10,18H,3-6,8,17H2. The van der Waals surface area contributed by atoms with E-state index in [2.05, 4.69) is 10.2 Å². The summed E-state index contributed by atoms with van der Waals surface area (Å²) in [5.74, 6) is 6.70. The molecule has 118 valence electrons. The van der Waals surface area contributed by atoms with Gasteiger partial charge >= 0.3 is 6.18 Å². The minimum atomic E-state index is -4.32. The van der Waals surface area contributed by atoms with E-state index in [1.165, 1.54) is 0 Å². The number of nitrogens with one attached hydrogen (secondary N) is 1. The van der Waals surface area contributed by atoms with Crippen molar-refractivity contribution in [2.45, 2.75) is 18.6 Å². The van der Waals surface area contributed by atoms with Crippen molar-refractivity contribution in [3.63, 3.8) is 0 Å². The number of alkyl halides is 3. The summed E-state index contributed by atoms with van der Waals surface area (Å²) in [6, 6.07) is 4.99. The molecule has 1 aliphatic rings. The average molecular weight is 306 g/mol. The Hall–Kier alpha value is -1.51. The lowest BCUT2D eigenvalue weighted by Crippen LogP contribution is -2.29. The molecule has 21 heavy (non-hydrogen) atoms. The Kier molecular flexibility index (Phi) is 5.27. The van der Waals surface area contributed by atoms with E-state index in [-0.39, 0.29) is 12.6 Å². The van der Waals surface area contributed by atoms with Crippen molar-refractivity contribution in [1.29, 1.82) is 0 Å². The normalized spacial score (nSPS) is 15.8. The Balaban J connectivity index is 1.91. The van der Waals surface area contributed by atoms with Crippen LogP contribution in [0.4, 0.5) is 13.2 Å². The van der Waals surface area contributed by atoms with Crippen LogP contribution in [0.3, 0.4) is 0 Å². The van der Waals surface area contributed by atoms with Gasteiger partial charge in [0.25, 0.3) is 0 Å². The van der Waals surface area contributed by atoms with Gasteiger partial charge in [0, 0.05) is 12.6 Å². The molecule has 5 nitrogen and oxygen atoms in total. The molecule has 0 spiro atoms. The topological polar surface area (TPSA) is 65.7 Å². The van der Waals surface area contributed by atoms with Crippen LogP contribution in [-0.2, 0) is 4.74 Å². The SMILES string of the molecule is NNC(CCOCC(F)(F)F)c1ccc2c(c1)OCCO2. The van der Waals surface area contributed by atoms with Crippen molar-refractivity contribution >= 4 is 0 Å². The molecule has 0 radical (unpaired) electrons. The van der Waals surface area contributed by atoms with E-state index in [0.717, 1.165) is 5.56 Å². The summed E-state index contributed by atoms with van der Waals surface area (Å²) in [5, 5.41) is 0. The van der Waals surface area contributed by atoms with Crippen LogP contribution in [-0.4, -0.2) is 32.6 Å². The fourth-order valence-electron chi connectivity index (χ4n) is 2.01. The van der Waals surface area contributed by atoms with Crippen LogP contribution in [0.2, 0.25) is 0 Å². The van der Waals surface area contributed by atoms with Crippen LogP contribution in [0.25, 0.3) is 0 Å². The Morgan fingerprint density at radius 2 is 1.95 bits per heavy atom. The summed E-state index contributed by atoms with van der Waals surface area (Å²) in [6.07, 6.45) is -4.01. The van der Waals surface area contributed by atoms with Gasteiger partial charge in [-0.25, -0.2) is 0 Å². The second-order valence-electron chi connectivity index (χ2n) is 4.58. The number of halogens is 3. The van der Waals surface area contributed by atoms with Gasteiger partial charge in [0.05, 0.1) is 0 Å². The fourth-order valence-corrected chi connectivity index (χ4v) is 2.01. The van der Waals surface area contributed by atoms with E-state index >= 15 is 0 Å². The second kappa shape index (κ2) is 6.97. The number of rotatable bonds is 6. The molecule has 0 aromatic heterocycles. The van der Waals surface area contributed by atoms with E-state index in [1.807, 2.05) is 0 Å². The summed E-state index contributed by atoms with van der Waals surface area (Å²) in [5.41, 5.74) is 3.37. The summed E-state index contributed by atoms with van der Waals surface area (Å²) in [7, 11) is 0. The Bertz CT molecular complexity index is 468. The third-order valence-corrected chi connectivity index (χ3v) is 2.99. The molecule has 0 bridgehead atoms. The van der Waals surface area contributed by atoms with Crippen LogP contribution in [0.15, 0.2) is 18.2 Å². The molecule has 1 aliphatic heterocycles. The molecule has 3 N–H and O–H groups in total. The first-order valence-corrected chi connectivity index (χ1v) is 6.50. The molecule has 0 fully saturated rings. The summed E-state index contributed by atoms with van der Waals surface area (Å²) in [4.78, 5) is 0. The second-order valence-corrected chi connectivity index (χ2v) is 4.58. The number of nitrogens with two attached hydrogens (primary N) is 1. The van der Waals surface area contributed by atoms with Gasteiger partial charge < -0.3 is 14.2 Å². The number of hydrogen-bond acceptors (Lipinski definition) is 5. The molecule has 1 unspecified atom stereocenters. The van der Waals surface area contributed by atoms with Gasteiger partial charge in [0.1, 0.15) is 19.8 Å². The molecule has 0 amide bonds. The zero-order valence-corrected chi connectivity index (χ0v) is 11.3. The van der Waals surface area contributed by atoms with E-state index in [4.69, 9.17) is 15.3 Å². The average Bonchev–Trinajstić information content (AvgIpc) is 2.46. The third-order valence-electron chi connectivity index (χ3n) is 2.99. The lowest BCUT2D eigenvalue weighted by atomic mass is 10.0. The van der Waals surface area contributed by atoms with Gasteiger partial charge in [-0.1, -0.05) is 6.07 Å². The van der Waals surface area contributed by atoms with Crippen molar-refractivity contribution in [1.82, 2.24) is 5.43 Å². The first-order chi connectivity index (χ1) is 9.99. The summed E-state index contributed by atoms with van der Waals surface area (Å²) < 4.78 is 51.4. The van der Waals surface area contributed by atoms with Crippen LogP contribution >= 0.6 is 0 Å². The lowest BCUT2D eigenvalue weighted by molar-refractivity contribution is -0.174.